The molecule has 2 rings (SSSR count). The van der Waals surface area contributed by atoms with Crippen LogP contribution in [0.3, 0.4) is 0 Å². The van der Waals surface area contributed by atoms with E-state index in [1.165, 1.54) is 10.5 Å². The Morgan fingerprint density at radius 2 is 2.04 bits per heavy atom. The summed E-state index contributed by atoms with van der Waals surface area (Å²) in [5, 5.41) is 3.28. The number of hydrogen-bond acceptors (Lipinski definition) is 4. The van der Waals surface area contributed by atoms with Gasteiger partial charge in [-0.3, -0.25) is 4.99 Å². The summed E-state index contributed by atoms with van der Waals surface area (Å²) in [6.07, 6.45) is 2.79. The Hall–Kier alpha value is -0.520. The van der Waals surface area contributed by atoms with E-state index in [2.05, 4.69) is 45.7 Å². The van der Waals surface area contributed by atoms with Crippen LogP contribution in [0.15, 0.2) is 34.2 Å². The molecule has 0 saturated carbocycles. The highest BCUT2D eigenvalue weighted by molar-refractivity contribution is 14.0. The molecule has 1 aromatic carbocycles. The molecule has 6 nitrogen and oxygen atoms in total. The number of nitrogens with one attached hydrogen (secondary N) is 1. The van der Waals surface area contributed by atoms with Crippen molar-refractivity contribution in [1.82, 2.24) is 14.5 Å². The van der Waals surface area contributed by atoms with Gasteiger partial charge in [-0.1, -0.05) is 12.1 Å². The molecular weight excluding hydrogens is 483 g/mol. The smallest absolute Gasteiger partial charge is 0.214 e. The van der Waals surface area contributed by atoms with Gasteiger partial charge in [0.05, 0.1) is 12.3 Å². The normalized spacial score (nSPS) is 17.0. The average molecular weight is 512 g/mol. The Morgan fingerprint density at radius 1 is 1.35 bits per heavy atom. The number of thioether (sulfide) groups is 1. The molecule has 0 unspecified atom stereocenters. The summed E-state index contributed by atoms with van der Waals surface area (Å²) in [6.45, 7) is 5.09. The lowest BCUT2D eigenvalue weighted by atomic mass is 10.2. The van der Waals surface area contributed by atoms with Crippen LogP contribution in [-0.4, -0.2) is 68.8 Å². The maximum Gasteiger partial charge on any atom is 0.214 e. The number of rotatable bonds is 7. The van der Waals surface area contributed by atoms with Crippen molar-refractivity contribution in [3.05, 3.63) is 29.8 Å². The predicted octanol–water partition coefficient (Wildman–Crippen LogP) is 2.46. The molecule has 0 radical (unpaired) electrons. The van der Waals surface area contributed by atoms with Gasteiger partial charge in [0.2, 0.25) is 10.0 Å². The number of aliphatic imine (C=N–C) groups is 1. The number of sulfonamides is 1. The summed E-state index contributed by atoms with van der Waals surface area (Å²) in [5.74, 6) is 1.07. The number of guanidine groups is 1. The van der Waals surface area contributed by atoms with Gasteiger partial charge < -0.3 is 10.2 Å². The highest BCUT2D eigenvalue weighted by Crippen LogP contribution is 2.16. The zero-order valence-corrected chi connectivity index (χ0v) is 19.6. The Morgan fingerprint density at radius 3 is 2.58 bits per heavy atom. The van der Waals surface area contributed by atoms with Crippen LogP contribution in [0.1, 0.15) is 18.9 Å². The zero-order valence-electron chi connectivity index (χ0n) is 15.6. The summed E-state index contributed by atoms with van der Waals surface area (Å²) < 4.78 is 25.2. The van der Waals surface area contributed by atoms with Crippen molar-refractivity contribution in [3.8, 4) is 0 Å². The fourth-order valence-corrected chi connectivity index (χ4v) is 4.69. The molecular formula is C17H29IN4O2S2. The molecule has 0 aromatic heterocycles. The monoisotopic (exact) mass is 512 g/mol. The third-order valence-corrected chi connectivity index (χ3v) is 6.79. The second-order valence-corrected chi connectivity index (χ2v) is 8.98. The van der Waals surface area contributed by atoms with E-state index in [-0.39, 0.29) is 29.7 Å². The lowest BCUT2D eigenvalue weighted by molar-refractivity contribution is 0.445. The van der Waals surface area contributed by atoms with Crippen LogP contribution in [0.25, 0.3) is 0 Å². The van der Waals surface area contributed by atoms with E-state index in [9.17, 15) is 8.42 Å². The van der Waals surface area contributed by atoms with Gasteiger partial charge in [0.25, 0.3) is 0 Å². The first-order valence-corrected chi connectivity index (χ1v) is 11.4. The fourth-order valence-electron chi connectivity index (χ4n) is 2.76. The molecule has 148 valence electrons. The van der Waals surface area contributed by atoms with Gasteiger partial charge in [0.1, 0.15) is 0 Å². The Labute approximate surface area is 178 Å². The Balaban J connectivity index is 0.00000338. The average Bonchev–Trinajstić information content (AvgIpc) is 2.93. The van der Waals surface area contributed by atoms with E-state index in [1.807, 2.05) is 14.0 Å². The summed E-state index contributed by atoms with van der Waals surface area (Å²) in [4.78, 5) is 7.91. The van der Waals surface area contributed by atoms with Crippen molar-refractivity contribution in [1.29, 1.82) is 0 Å². The molecule has 0 aliphatic carbocycles. The largest absolute Gasteiger partial charge is 0.357 e. The fraction of sp³-hybridized carbons (Fsp3) is 0.588. The quantitative estimate of drug-likeness (QED) is 0.263. The first-order chi connectivity index (χ1) is 12.0. The van der Waals surface area contributed by atoms with E-state index in [0.717, 1.165) is 25.5 Å². The predicted molar refractivity (Wildman–Crippen MR) is 121 cm³/mol. The summed E-state index contributed by atoms with van der Waals surface area (Å²) >= 11 is 1.73. The topological polar surface area (TPSA) is 65.0 Å². The minimum Gasteiger partial charge on any atom is -0.357 e. The van der Waals surface area contributed by atoms with E-state index in [0.29, 0.717) is 19.6 Å². The molecule has 0 atom stereocenters. The van der Waals surface area contributed by atoms with Gasteiger partial charge in [-0.15, -0.1) is 35.7 Å². The molecule has 1 fully saturated rings. The first kappa shape index (κ1) is 23.5. The SMILES string of the molecule is CCNC(=NCCN1CCCS1(=O)=O)N(C)Cc1ccc(SC)cc1.I. The van der Waals surface area contributed by atoms with E-state index in [1.54, 1.807) is 16.1 Å². The van der Waals surface area contributed by atoms with Gasteiger partial charge >= 0.3 is 0 Å². The molecule has 1 aromatic rings. The van der Waals surface area contributed by atoms with Crippen LogP contribution in [0, 0.1) is 0 Å². The Bertz CT molecular complexity index is 681. The standard InChI is InChI=1S/C17H28N4O2S2.HI/c1-4-18-17(19-10-12-21-11-5-13-25(21,22)23)20(2)14-15-6-8-16(24-3)9-7-15;/h6-9H,4-5,10-14H2,1-3H3,(H,18,19);1H. The summed E-state index contributed by atoms with van der Waals surface area (Å²) in [7, 11) is -1.05. The lowest BCUT2D eigenvalue weighted by Gasteiger charge is -2.22. The zero-order chi connectivity index (χ0) is 18.3. The minimum atomic E-state index is -3.04. The molecule has 0 amide bonds. The van der Waals surface area contributed by atoms with Crippen LogP contribution in [0.5, 0.6) is 0 Å². The van der Waals surface area contributed by atoms with Gasteiger partial charge in [-0.25, -0.2) is 12.7 Å². The minimum absolute atomic E-state index is 0. The lowest BCUT2D eigenvalue weighted by Crippen LogP contribution is -2.39. The van der Waals surface area contributed by atoms with Crippen LogP contribution >= 0.6 is 35.7 Å². The number of halogens is 1. The van der Waals surface area contributed by atoms with E-state index >= 15 is 0 Å². The van der Waals surface area contributed by atoms with Gasteiger partial charge in [-0.2, -0.15) is 0 Å². The van der Waals surface area contributed by atoms with Gasteiger partial charge in [0.15, 0.2) is 5.96 Å². The van der Waals surface area contributed by atoms with Crippen LogP contribution in [0.2, 0.25) is 0 Å². The van der Waals surface area contributed by atoms with Crippen molar-refractivity contribution in [2.75, 3.05) is 45.2 Å². The third-order valence-electron chi connectivity index (χ3n) is 4.09. The first-order valence-electron chi connectivity index (χ1n) is 8.56. The van der Waals surface area contributed by atoms with Crippen molar-refractivity contribution < 1.29 is 8.42 Å². The maximum atomic E-state index is 11.8. The highest BCUT2D eigenvalue weighted by Gasteiger charge is 2.27. The van der Waals surface area contributed by atoms with Gasteiger partial charge in [0, 0.05) is 38.1 Å². The van der Waals surface area contributed by atoms with Crippen LogP contribution < -0.4 is 5.32 Å². The molecule has 0 bridgehead atoms. The molecule has 26 heavy (non-hydrogen) atoms. The van der Waals surface area contributed by atoms with E-state index in [4.69, 9.17) is 0 Å². The number of benzene rings is 1. The van der Waals surface area contributed by atoms with Crippen LogP contribution in [0.4, 0.5) is 0 Å². The second kappa shape index (κ2) is 11.4. The third kappa shape index (κ3) is 6.90. The molecule has 0 spiro atoms. The molecule has 1 N–H and O–H groups in total. The molecule has 1 aliphatic rings. The molecule has 1 aliphatic heterocycles. The van der Waals surface area contributed by atoms with Crippen molar-refractivity contribution >= 4 is 51.7 Å². The number of hydrogen-bond donors (Lipinski definition) is 1. The molecule has 1 saturated heterocycles. The van der Waals surface area contributed by atoms with Crippen molar-refractivity contribution in [3.63, 3.8) is 0 Å². The molecule has 1 heterocycles. The second-order valence-electron chi connectivity index (χ2n) is 6.01. The van der Waals surface area contributed by atoms with Crippen molar-refractivity contribution in [2.24, 2.45) is 4.99 Å². The summed E-state index contributed by atoms with van der Waals surface area (Å²) in [6, 6.07) is 8.50. The number of nitrogens with zero attached hydrogens (tertiary/aromatic N) is 3. The van der Waals surface area contributed by atoms with Gasteiger partial charge in [-0.05, 0) is 37.3 Å². The summed E-state index contributed by atoms with van der Waals surface area (Å²) in [5.41, 5.74) is 1.22. The van der Waals surface area contributed by atoms with Crippen LogP contribution in [-0.2, 0) is 16.6 Å². The highest BCUT2D eigenvalue weighted by atomic mass is 127. The maximum absolute atomic E-state index is 11.8. The Kier molecular flexibility index (Phi) is 10.3. The molecule has 9 heteroatoms. The van der Waals surface area contributed by atoms with E-state index < -0.39 is 10.0 Å². The van der Waals surface area contributed by atoms with Crippen molar-refractivity contribution in [2.45, 2.75) is 24.8 Å².